The molecule has 0 fully saturated rings. The van der Waals surface area contributed by atoms with E-state index in [0.29, 0.717) is 54.1 Å². The van der Waals surface area contributed by atoms with Crippen molar-refractivity contribution in [3.05, 3.63) is 244 Å². The van der Waals surface area contributed by atoms with E-state index in [0.717, 1.165) is 73.7 Å². The number of hydrogen-bond acceptors (Lipinski definition) is 14. The van der Waals surface area contributed by atoms with Gasteiger partial charge >= 0.3 is 114 Å². The van der Waals surface area contributed by atoms with Gasteiger partial charge in [0.05, 0.1) is 37.0 Å². The zero-order valence-electron chi connectivity index (χ0n) is 53.2. The number of carboxylic acids is 1. The van der Waals surface area contributed by atoms with Gasteiger partial charge in [0, 0.05) is 17.0 Å². The van der Waals surface area contributed by atoms with E-state index in [-0.39, 0.29) is 116 Å². The summed E-state index contributed by atoms with van der Waals surface area (Å²) >= 11 is 17.2. The number of alkyl halides is 2. The second kappa shape index (κ2) is 51.8. The third-order valence-corrected chi connectivity index (χ3v) is 11.7. The standard InChI is InChI=1S/C18H18O4.C16H16O3.C15H16O2.C8H10O2.C7H7Br.CH3F.CH2O3.Cl3OP.2K.H/c1-13-10-16(21-2)17(11-15(13)8-9-18(19)20)22-12-14-6-4-3-5-7-14;1-12-8-15(18-2)16(9-14(12)10-17)19-11-13-6-4-3-5-7-13;1-12-8-9-14(15(10-12)16-2)17-11-13-6-4-3-5-7-13;1-6-3-4-7(9)8(5-6)10-2;8-6-7-4-2-1-3-5-7;1-2;2-1-4-3;1-5(2,3)4;;;/h3-11H,12H2,1-2H3,(H,19,20);3-10H,11H2,1-2H3;3-10H,11H2,1-2H3;3-5,9H,1-2H3;1-5H,6H2;1H3;1,3H;;;;/q;;;;;;;;2*+1;-1/p-1/b9-8+;;;;;;;;;;/i;;;;;1D;;;;;. The molecule has 0 saturated heterocycles. The molecule has 15 nitrogen and oxygen atoms in total. The smallest absolute Gasteiger partial charge is 1.00 e. The first-order valence-corrected chi connectivity index (χ1v) is 31.3. The zero-order valence-corrected chi connectivity index (χ0v) is 62.2. The number of aldehydes is 1. The maximum absolute atomic E-state index is 11.0. The Bertz CT molecular complexity index is 3330. The van der Waals surface area contributed by atoms with Crippen LogP contribution in [0.15, 0.2) is 188 Å². The second-order valence-corrected chi connectivity index (χ2v) is 24.6. The Morgan fingerprint density at radius 3 is 1.21 bits per heavy atom. The molecule has 8 aromatic rings. The van der Waals surface area contributed by atoms with Gasteiger partial charge in [0.2, 0.25) is 0 Å². The monoisotopic (exact) mass is 1420 g/mol. The van der Waals surface area contributed by atoms with Gasteiger partial charge < -0.3 is 54.9 Å². The molecule has 0 aliphatic heterocycles. The second-order valence-electron chi connectivity index (χ2n) is 17.4. The van der Waals surface area contributed by atoms with Gasteiger partial charge in [-0.1, -0.05) is 149 Å². The first-order chi connectivity index (χ1) is 42.1. The number of phenols is 1. The normalized spacial score (nSPS) is 9.66. The molecule has 89 heavy (non-hydrogen) atoms. The Hall–Kier alpha value is -4.75. The summed E-state index contributed by atoms with van der Waals surface area (Å²) in [5.74, 6) is 3.72. The quantitative estimate of drug-likeness (QED) is 0.0156. The molecule has 0 amide bonds. The molecule has 0 unspecified atom stereocenters. The van der Waals surface area contributed by atoms with Crippen LogP contribution in [0.2, 0.25) is 0 Å². The van der Waals surface area contributed by atoms with Gasteiger partial charge in [-0.15, -0.1) is 0 Å². The van der Waals surface area contributed by atoms with Gasteiger partial charge in [0.25, 0.3) is 6.47 Å². The van der Waals surface area contributed by atoms with Crippen molar-refractivity contribution in [1.82, 2.24) is 0 Å². The molecule has 8 aromatic carbocycles. The van der Waals surface area contributed by atoms with E-state index in [2.05, 4.69) is 66.7 Å². The number of phenolic OH excluding ortho intramolecular Hbond substituents is 1. The fraction of sp³-hybridized carbons (Fsp3) is 0.197. The van der Waals surface area contributed by atoms with Gasteiger partial charge in [-0.25, -0.2) is 4.79 Å². The van der Waals surface area contributed by atoms with Gasteiger partial charge in [0.15, 0.2) is 46.0 Å². The molecule has 8 rings (SSSR count). The van der Waals surface area contributed by atoms with Gasteiger partial charge in [-0.2, -0.15) is 0 Å². The number of rotatable bonds is 18. The van der Waals surface area contributed by atoms with E-state index >= 15 is 0 Å². The van der Waals surface area contributed by atoms with E-state index in [4.69, 9.17) is 54.8 Å². The van der Waals surface area contributed by atoms with Crippen LogP contribution in [0.5, 0.6) is 46.0 Å². The molecule has 0 saturated carbocycles. The zero-order chi connectivity index (χ0) is 65.7. The maximum Gasteiger partial charge on any atom is 1.00 e. The number of aliphatic carboxylic acids is 1. The van der Waals surface area contributed by atoms with Crippen LogP contribution in [0.4, 0.5) is 4.39 Å². The fourth-order valence-electron chi connectivity index (χ4n) is 6.82. The maximum atomic E-state index is 11.0. The average molecular weight is 1420 g/mol. The van der Waals surface area contributed by atoms with Crippen molar-refractivity contribution in [2.24, 2.45) is 0 Å². The summed E-state index contributed by atoms with van der Waals surface area (Å²) in [5.41, 5.74) is 10.0. The summed E-state index contributed by atoms with van der Waals surface area (Å²) < 4.78 is 63.1. The molecule has 0 radical (unpaired) electrons. The number of hydrogen-bond donors (Lipinski definition) is 2. The number of carbonyl (C=O) groups excluding carboxylic acids is 2. The number of carbonyl (C=O) groups is 3. The topological polar surface area (TPSA) is 206 Å². The predicted molar refractivity (Wildman–Crippen MR) is 346 cm³/mol. The Morgan fingerprint density at radius 1 is 0.562 bits per heavy atom. The molecule has 0 aromatic heterocycles. The van der Waals surface area contributed by atoms with Crippen molar-refractivity contribution < 1.29 is 182 Å². The van der Waals surface area contributed by atoms with E-state index in [1.54, 1.807) is 51.7 Å². The number of ether oxygens (including phenoxy) is 7. The largest absolute Gasteiger partial charge is 1.00 e. The first kappa shape index (κ1) is 84.3. The molecule has 0 heterocycles. The molecule has 0 bridgehead atoms. The third-order valence-electron chi connectivity index (χ3n) is 11.0. The predicted octanol–water partition coefficient (Wildman–Crippen LogP) is 10.9. The first-order valence-electron chi connectivity index (χ1n) is 26.4. The van der Waals surface area contributed by atoms with Crippen LogP contribution in [0, 0.1) is 27.7 Å². The summed E-state index contributed by atoms with van der Waals surface area (Å²) in [6.07, 6.45) is 3.48. The van der Waals surface area contributed by atoms with Crippen LogP contribution in [0.3, 0.4) is 0 Å². The summed E-state index contributed by atoms with van der Waals surface area (Å²) in [7, 11) is 5.36. The average Bonchev–Trinajstić information content (AvgIpc) is 2.80. The molecular weight excluding hydrogens is 1350 g/mol. The Morgan fingerprint density at radius 2 is 0.888 bits per heavy atom. The fourth-order valence-corrected chi connectivity index (χ4v) is 7.19. The van der Waals surface area contributed by atoms with Crippen LogP contribution in [0.1, 0.15) is 63.2 Å². The molecular formula is C66H72BrCl3FK2O15P. The van der Waals surface area contributed by atoms with Gasteiger partial charge in [0.1, 0.15) is 26.1 Å². The molecule has 0 atom stereocenters. The Balaban J connectivity index is -0.00000104. The van der Waals surface area contributed by atoms with E-state index in [9.17, 15) is 18.5 Å². The number of benzene rings is 8. The summed E-state index contributed by atoms with van der Waals surface area (Å²) in [5, 5.41) is 24.0. The van der Waals surface area contributed by atoms with Gasteiger partial charge in [-0.05, 0) is 166 Å². The summed E-state index contributed by atoms with van der Waals surface area (Å²) in [4.78, 5) is 32.9. The van der Waals surface area contributed by atoms with Crippen molar-refractivity contribution in [2.45, 2.75) is 52.8 Å². The Kier molecular flexibility index (Phi) is 49.1. The van der Waals surface area contributed by atoms with Crippen LogP contribution in [0.25, 0.3) is 6.08 Å². The molecule has 0 aliphatic carbocycles. The number of halogens is 5. The molecule has 23 heteroatoms. The SMILES string of the molecule is BrCc1ccccc1.COc1cc(C)c(/C=C/C(=O)O)cc1OCc1ccccc1.COc1cc(C)c(C=O)cc1OCc1ccccc1.COc1cc(C)ccc1O.COc1cc(C)ccc1OCc1ccccc1.O=CO[O-].O=P(Cl)(Cl)Cl.[2H]CF.[H-].[K+].[K+]. The van der Waals surface area contributed by atoms with E-state index < -0.39 is 18.3 Å². The van der Waals surface area contributed by atoms with Crippen LogP contribution in [-0.4, -0.2) is 64.5 Å². The number of aryl methyl sites for hydroxylation is 4. The summed E-state index contributed by atoms with van der Waals surface area (Å²) in [6, 6.07) is 58.3. The number of aromatic hydroxyl groups is 1. The van der Waals surface area contributed by atoms with Crippen molar-refractivity contribution >= 4 is 79.7 Å². The van der Waals surface area contributed by atoms with Crippen molar-refractivity contribution in [1.29, 1.82) is 0 Å². The Labute approximate surface area is 632 Å². The minimum atomic E-state index is -3.22. The van der Waals surface area contributed by atoms with Crippen LogP contribution >= 0.6 is 54.9 Å². The van der Waals surface area contributed by atoms with Crippen molar-refractivity contribution in [2.75, 3.05) is 35.6 Å². The van der Waals surface area contributed by atoms with E-state index in [1.807, 2.05) is 173 Å². The van der Waals surface area contributed by atoms with Crippen molar-refractivity contribution in [3.63, 3.8) is 0 Å². The molecule has 0 spiro atoms. The van der Waals surface area contributed by atoms with Gasteiger partial charge in [-0.3, -0.25) is 18.5 Å². The summed E-state index contributed by atoms with van der Waals surface area (Å²) in [6.45, 7) is 8.98. The van der Waals surface area contributed by atoms with Crippen LogP contribution in [-0.2, 0) is 44.2 Å². The minimum Gasteiger partial charge on any atom is -1.00 e. The number of carboxylic acid groups (broad SMARTS) is 1. The third kappa shape index (κ3) is 39.3. The minimum absolute atomic E-state index is 0. The van der Waals surface area contributed by atoms with Crippen molar-refractivity contribution in [3.8, 4) is 46.0 Å². The number of methoxy groups -OCH3 is 4. The molecule has 0 aliphatic rings. The molecule has 468 valence electrons. The van der Waals surface area contributed by atoms with Crippen LogP contribution < -0.4 is 141 Å². The molecule has 2 N–H and O–H groups in total. The van der Waals surface area contributed by atoms with E-state index in [1.165, 1.54) is 12.7 Å².